The molecule has 0 saturated heterocycles. The Morgan fingerprint density at radius 2 is 1.94 bits per heavy atom. The van der Waals surface area contributed by atoms with Gasteiger partial charge in [0.1, 0.15) is 25.3 Å². The zero-order chi connectivity index (χ0) is 11.5. The number of aryl methyl sites for hydroxylation is 3. The van der Waals surface area contributed by atoms with Gasteiger partial charge in [0.25, 0.3) is 0 Å². The molecule has 0 aliphatic carbocycles. The molecule has 2 rings (SSSR count). The monoisotopic (exact) mass is 247 g/mol. The van der Waals surface area contributed by atoms with Gasteiger partial charge in [-0.25, -0.2) is 0 Å². The van der Waals surface area contributed by atoms with Crippen molar-refractivity contribution in [3.8, 4) is 0 Å². The molecule has 16 heavy (non-hydrogen) atoms. The highest BCUT2D eigenvalue weighted by Crippen LogP contribution is 2.34. The lowest BCUT2D eigenvalue weighted by Gasteiger charge is -2.00. The van der Waals surface area contributed by atoms with Crippen LogP contribution in [0.25, 0.3) is 0 Å². The molecule has 0 N–H and O–H groups in total. The fourth-order valence-electron chi connectivity index (χ4n) is 1.71. The van der Waals surface area contributed by atoms with Crippen LogP contribution in [0.5, 0.6) is 0 Å². The minimum absolute atomic E-state index is 0.0781. The van der Waals surface area contributed by atoms with Crippen LogP contribution in [-0.4, -0.2) is 0 Å². The summed E-state index contributed by atoms with van der Waals surface area (Å²) in [6.45, 7) is 6.65. The third kappa shape index (κ3) is 2.70. The van der Waals surface area contributed by atoms with Crippen LogP contribution in [-0.2, 0) is 6.16 Å². The second kappa shape index (κ2) is 5.09. The highest BCUT2D eigenvalue weighted by atomic mass is 31.1. The molecule has 0 aliphatic rings. The lowest BCUT2D eigenvalue weighted by Crippen LogP contribution is -1.83. The highest BCUT2D eigenvalue weighted by Gasteiger charge is 2.09. The van der Waals surface area contributed by atoms with Gasteiger partial charge >= 0.3 is 0 Å². The summed E-state index contributed by atoms with van der Waals surface area (Å²) in [7, 11) is 1.29. The molecule has 82 valence electrons. The first kappa shape index (κ1) is 11.8. The van der Waals surface area contributed by atoms with Crippen molar-refractivity contribution in [2.75, 3.05) is 0 Å². The molecule has 2 heterocycles. The Morgan fingerprint density at radius 3 is 2.62 bits per heavy atom. The number of hydrogen-bond acceptors (Lipinski definition) is 0. The zero-order valence-corrected chi connectivity index (χ0v) is 11.9. The molecule has 0 saturated carbocycles. The van der Waals surface area contributed by atoms with Crippen LogP contribution < -0.4 is 0 Å². The maximum atomic E-state index is 2.45. The molecule has 0 fully saturated rings. The van der Waals surface area contributed by atoms with Gasteiger partial charge < -0.3 is 0 Å². The van der Waals surface area contributed by atoms with Crippen LogP contribution >= 0.6 is 15.7 Å². The molecule has 0 spiro atoms. The largest absolute Gasteiger partial charge is 0.136 e. The van der Waals surface area contributed by atoms with Gasteiger partial charge in [0.2, 0.25) is 0 Å². The van der Waals surface area contributed by atoms with Gasteiger partial charge in [-0.05, 0) is 49.1 Å². The Bertz CT molecular complexity index is 504. The summed E-state index contributed by atoms with van der Waals surface area (Å²) in [5.41, 5.74) is 4.40. The zero-order valence-electron chi connectivity index (χ0n) is 10.1. The topological polar surface area (TPSA) is 0 Å². The third-order valence-corrected chi connectivity index (χ3v) is 5.92. The molecule has 0 radical (unpaired) electrons. The average Bonchev–Trinajstić information content (AvgIpc) is 2.27. The minimum atomic E-state index is -0.0781. The summed E-state index contributed by atoms with van der Waals surface area (Å²) >= 11 is 0. The Hall–Kier alpha value is -0.700. The maximum Gasteiger partial charge on any atom is 0.136 e. The van der Waals surface area contributed by atoms with Crippen molar-refractivity contribution in [1.29, 1.82) is 0 Å². The quantitative estimate of drug-likeness (QED) is 0.656. The lowest BCUT2D eigenvalue weighted by atomic mass is 10.2. The molecule has 2 aromatic heterocycles. The normalized spacial score (nSPS) is 12.1. The van der Waals surface area contributed by atoms with E-state index in [0.29, 0.717) is 0 Å². The summed E-state index contributed by atoms with van der Waals surface area (Å²) in [5.74, 6) is 7.05. The van der Waals surface area contributed by atoms with Crippen LogP contribution in [0.3, 0.4) is 0 Å². The summed E-state index contributed by atoms with van der Waals surface area (Å²) < 4.78 is 0. The van der Waals surface area contributed by atoms with E-state index in [0.717, 1.165) is 0 Å². The molecule has 2 heteroatoms. The van der Waals surface area contributed by atoms with Crippen molar-refractivity contribution in [3.05, 3.63) is 57.6 Å². The van der Waals surface area contributed by atoms with E-state index < -0.39 is 0 Å². The van der Waals surface area contributed by atoms with Gasteiger partial charge in [0.05, 0.1) is 0 Å². The second-order valence-electron chi connectivity index (χ2n) is 4.23. The lowest BCUT2D eigenvalue weighted by molar-refractivity contribution is 1.34. The molecule has 1 atom stereocenters. The predicted octanol–water partition coefficient (Wildman–Crippen LogP) is 5.51. The van der Waals surface area contributed by atoms with E-state index in [1.165, 1.54) is 36.3 Å². The number of hydrogen-bond donors (Lipinski definition) is 0. The van der Waals surface area contributed by atoms with E-state index in [2.05, 4.69) is 56.4 Å². The van der Waals surface area contributed by atoms with E-state index >= 15 is 0 Å². The summed E-state index contributed by atoms with van der Waals surface area (Å²) in [4.78, 5) is 0. The van der Waals surface area contributed by atoms with E-state index in [1.54, 1.807) is 0 Å². The van der Waals surface area contributed by atoms with Crippen LogP contribution in [0.2, 0.25) is 0 Å². The minimum Gasteiger partial charge on any atom is -0.0728 e. The van der Waals surface area contributed by atoms with E-state index in [-0.39, 0.29) is 7.53 Å². The molecule has 1 unspecified atom stereocenters. The van der Waals surface area contributed by atoms with Crippen LogP contribution in [0.1, 0.15) is 22.0 Å². The van der Waals surface area contributed by atoms with Crippen molar-refractivity contribution in [3.63, 3.8) is 0 Å². The first-order chi connectivity index (χ1) is 7.66. The molecule has 0 aliphatic heterocycles. The molecular weight excluding hydrogens is 230 g/mol. The van der Waals surface area contributed by atoms with Gasteiger partial charge in [0, 0.05) is 5.56 Å². The van der Waals surface area contributed by atoms with E-state index in [4.69, 9.17) is 0 Å². The highest BCUT2D eigenvalue weighted by molar-refractivity contribution is 7.47. The van der Waals surface area contributed by atoms with Crippen LogP contribution in [0.4, 0.5) is 0 Å². The summed E-state index contributed by atoms with van der Waals surface area (Å²) in [5, 5.41) is 1.51. The third-order valence-electron chi connectivity index (χ3n) is 2.97. The summed E-state index contributed by atoms with van der Waals surface area (Å²) in [6.07, 6.45) is 1.21. The van der Waals surface area contributed by atoms with Crippen LogP contribution in [0, 0.1) is 20.8 Å². The van der Waals surface area contributed by atoms with Crippen molar-refractivity contribution in [2.24, 2.45) is 0 Å². The molecular formula is C14H17P2+. The van der Waals surface area contributed by atoms with E-state index in [9.17, 15) is 0 Å². The summed E-state index contributed by atoms with van der Waals surface area (Å²) in [6, 6.07) is 6.74. The molecule has 2 aromatic rings. The van der Waals surface area contributed by atoms with Crippen molar-refractivity contribution >= 4 is 15.7 Å². The standard InChI is InChI=1S/C14H17P2/c1-11-6-8-16(9-12(11)2)10-14-5-4-7-15-13(14)3/h4-9H,10H2,1-3H3/q+1. The fraction of sp³-hybridized carbons (Fsp3) is 0.286. The van der Waals surface area contributed by atoms with Gasteiger partial charge in [-0.15, -0.1) is 0 Å². The molecule has 0 bridgehead atoms. The first-order valence-electron chi connectivity index (χ1n) is 5.53. The van der Waals surface area contributed by atoms with Crippen LogP contribution in [0.15, 0.2) is 35.6 Å². The van der Waals surface area contributed by atoms with Gasteiger partial charge in [-0.1, -0.05) is 20.3 Å². The second-order valence-corrected chi connectivity index (χ2v) is 7.36. The van der Waals surface area contributed by atoms with Gasteiger partial charge in [-0.3, -0.25) is 0 Å². The SMILES string of the molecule is Cc1cc[p+](Cc2cccpc2C)cc1C. The molecule has 0 nitrogen and oxygen atoms in total. The van der Waals surface area contributed by atoms with Gasteiger partial charge in [-0.2, -0.15) is 0 Å². The average molecular weight is 247 g/mol. The fourth-order valence-corrected chi connectivity index (χ4v) is 4.69. The molecule has 0 aromatic carbocycles. The Morgan fingerprint density at radius 1 is 1.12 bits per heavy atom. The van der Waals surface area contributed by atoms with E-state index in [1.807, 2.05) is 0 Å². The van der Waals surface area contributed by atoms with Crippen molar-refractivity contribution in [2.45, 2.75) is 26.9 Å². The van der Waals surface area contributed by atoms with Gasteiger partial charge in [0.15, 0.2) is 0 Å². The Kier molecular flexibility index (Phi) is 3.74. The number of rotatable bonds is 2. The van der Waals surface area contributed by atoms with Crippen molar-refractivity contribution in [1.82, 2.24) is 0 Å². The first-order valence-corrected chi connectivity index (χ1v) is 8.16. The van der Waals surface area contributed by atoms with Crippen molar-refractivity contribution < 1.29 is 0 Å². The maximum absolute atomic E-state index is 2.45. The Labute approximate surface area is 101 Å². The Balaban J connectivity index is 2.28. The smallest absolute Gasteiger partial charge is 0.0728 e. The predicted molar refractivity (Wildman–Crippen MR) is 75.8 cm³/mol. The molecule has 0 amide bonds.